The number of aromatic nitrogens is 2. The summed E-state index contributed by atoms with van der Waals surface area (Å²) in [4.78, 5) is 6.99. The molecule has 0 saturated heterocycles. The van der Waals surface area contributed by atoms with Gasteiger partial charge in [0.15, 0.2) is 5.82 Å². The maximum absolute atomic E-state index is 8.75. The quantitative estimate of drug-likeness (QED) is 0.435. The molecule has 7 heteroatoms. The summed E-state index contributed by atoms with van der Waals surface area (Å²) in [7, 11) is -4.58. The van der Waals surface area contributed by atoms with Crippen molar-refractivity contribution in [3.05, 3.63) is 6.20 Å². The molecule has 0 atom stereocenters. The number of nitrogens with zero attached hydrogens (tertiary/aromatic N) is 2. The van der Waals surface area contributed by atoms with Crippen LogP contribution < -0.4 is 16.1 Å². The lowest BCUT2D eigenvalue weighted by molar-refractivity contribution is 0.395. The highest BCUT2D eigenvalue weighted by Crippen LogP contribution is 2.10. The molecular weight excluding hydrogens is 161 g/mol. The maximum Gasteiger partial charge on any atom is 0.509 e. The fourth-order valence-electron chi connectivity index (χ4n) is 0.594. The van der Waals surface area contributed by atoms with Crippen LogP contribution in [0.25, 0.3) is 0 Å². The number of methoxy groups -OCH3 is 1. The number of nitrogen functional groups attached to an aromatic ring is 1. The van der Waals surface area contributed by atoms with Crippen LogP contribution in [0.5, 0.6) is 5.88 Å². The third kappa shape index (κ3) is 1.63. The van der Waals surface area contributed by atoms with E-state index in [9.17, 15) is 0 Å². The van der Waals surface area contributed by atoms with Crippen molar-refractivity contribution in [1.82, 2.24) is 9.97 Å². The maximum atomic E-state index is 8.75. The molecule has 1 heterocycles. The average Bonchev–Trinajstić information content (AvgIpc) is 2.06. The van der Waals surface area contributed by atoms with Crippen LogP contribution in [0.15, 0.2) is 6.20 Å². The van der Waals surface area contributed by atoms with E-state index in [0.717, 1.165) is 6.20 Å². The average molecular weight is 172 g/mol. The van der Waals surface area contributed by atoms with Gasteiger partial charge in [-0.3, -0.25) is 0 Å². The minimum Gasteiger partial charge on any atom is -0.478 e. The smallest absolute Gasteiger partial charge is 0.478 e. The van der Waals surface area contributed by atoms with E-state index in [1.807, 2.05) is 0 Å². The van der Waals surface area contributed by atoms with Crippen molar-refractivity contribution in [2.24, 2.45) is 0 Å². The molecule has 0 saturated carbocycles. The third-order valence-corrected chi connectivity index (χ3v) is 1.15. The standard InChI is InChI=1S/C5H8BN3O3/c1-12-5-4(7)8-2-3(9-5)6(10)11/h2,10-11H,1H3,(H2,7,8)/i1D3. The van der Waals surface area contributed by atoms with Gasteiger partial charge in [0.05, 0.1) is 16.7 Å². The fraction of sp³-hybridized carbons (Fsp3) is 0.200. The molecule has 0 aliphatic rings. The van der Waals surface area contributed by atoms with Crippen molar-refractivity contribution in [2.45, 2.75) is 0 Å². The SMILES string of the molecule is [2H]C([2H])([2H])Oc1nc(B(O)O)cnc1N. The van der Waals surface area contributed by atoms with Gasteiger partial charge < -0.3 is 20.5 Å². The molecule has 4 N–H and O–H groups in total. The highest BCUT2D eigenvalue weighted by Gasteiger charge is 2.15. The third-order valence-electron chi connectivity index (χ3n) is 1.15. The summed E-state index contributed by atoms with van der Waals surface area (Å²) >= 11 is 0. The summed E-state index contributed by atoms with van der Waals surface area (Å²) in [5.41, 5.74) is 5.04. The predicted molar refractivity (Wildman–Crippen MR) is 42.8 cm³/mol. The fourth-order valence-corrected chi connectivity index (χ4v) is 0.594. The van der Waals surface area contributed by atoms with Gasteiger partial charge in [-0.25, -0.2) is 9.97 Å². The number of rotatable bonds is 2. The molecule has 0 spiro atoms. The minimum absolute atomic E-state index is 0.240. The molecule has 64 valence electrons. The van der Waals surface area contributed by atoms with E-state index in [1.165, 1.54) is 0 Å². The summed E-state index contributed by atoms with van der Waals surface area (Å²) in [5.74, 6) is -0.698. The van der Waals surface area contributed by atoms with Crippen LogP contribution in [0.4, 0.5) is 5.82 Å². The molecule has 0 aromatic carbocycles. The molecule has 0 aliphatic carbocycles. The highest BCUT2D eigenvalue weighted by molar-refractivity contribution is 6.57. The van der Waals surface area contributed by atoms with Crippen molar-refractivity contribution < 1.29 is 18.9 Å². The lowest BCUT2D eigenvalue weighted by Gasteiger charge is -2.03. The molecule has 12 heavy (non-hydrogen) atoms. The highest BCUT2D eigenvalue weighted by atomic mass is 16.5. The molecule has 6 nitrogen and oxygen atoms in total. The Morgan fingerprint density at radius 1 is 1.75 bits per heavy atom. The molecule has 1 aromatic heterocycles. The monoisotopic (exact) mass is 172 g/mol. The predicted octanol–water partition coefficient (Wildman–Crippen LogP) is -2.25. The van der Waals surface area contributed by atoms with Crippen LogP contribution in [0.3, 0.4) is 0 Å². The normalized spacial score (nSPS) is 14.3. The Morgan fingerprint density at radius 3 is 3.08 bits per heavy atom. The van der Waals surface area contributed by atoms with Crippen LogP contribution >= 0.6 is 0 Å². The molecule has 0 aliphatic heterocycles. The van der Waals surface area contributed by atoms with Crippen LogP contribution in [0.1, 0.15) is 4.11 Å². The summed E-state index contributed by atoms with van der Waals surface area (Å²) < 4.78 is 24.8. The Bertz CT molecular complexity index is 359. The second-order valence-electron chi connectivity index (χ2n) is 1.96. The zero-order valence-electron chi connectivity index (χ0n) is 8.93. The molecule has 0 bridgehead atoms. The molecule has 0 fully saturated rings. The van der Waals surface area contributed by atoms with Gasteiger partial charge in [0.1, 0.15) is 0 Å². The van der Waals surface area contributed by atoms with Crippen molar-refractivity contribution in [1.29, 1.82) is 0 Å². The largest absolute Gasteiger partial charge is 0.509 e. The van der Waals surface area contributed by atoms with E-state index in [1.54, 1.807) is 0 Å². The van der Waals surface area contributed by atoms with Gasteiger partial charge in [0, 0.05) is 6.20 Å². The molecule has 1 rings (SSSR count). The summed E-state index contributed by atoms with van der Waals surface area (Å²) in [6, 6.07) is 0. The summed E-state index contributed by atoms with van der Waals surface area (Å²) in [6.07, 6.45) is 1.01. The van der Waals surface area contributed by atoms with Crippen LogP contribution in [0, 0.1) is 0 Å². The van der Waals surface area contributed by atoms with E-state index in [-0.39, 0.29) is 11.4 Å². The van der Waals surface area contributed by atoms with Crippen molar-refractivity contribution in [3.63, 3.8) is 0 Å². The number of hydrogen-bond donors (Lipinski definition) is 3. The van der Waals surface area contributed by atoms with Crippen molar-refractivity contribution >= 4 is 18.5 Å². The zero-order valence-corrected chi connectivity index (χ0v) is 5.93. The molecule has 0 unspecified atom stereocenters. The van der Waals surface area contributed by atoms with Gasteiger partial charge in [0.2, 0.25) is 0 Å². The Labute approximate surface area is 73.4 Å². The first-order chi connectivity index (χ1) is 6.79. The number of ether oxygens (including phenoxy) is 1. The topological polar surface area (TPSA) is 101 Å². The number of nitrogens with two attached hydrogens (primary N) is 1. The Morgan fingerprint density at radius 2 is 2.50 bits per heavy atom. The summed E-state index contributed by atoms with van der Waals surface area (Å²) in [6.45, 7) is 0. The Hall–Kier alpha value is -1.34. The molecule has 0 radical (unpaired) electrons. The minimum atomic E-state index is -2.72. The van der Waals surface area contributed by atoms with E-state index in [2.05, 4.69) is 14.7 Å². The second-order valence-corrected chi connectivity index (χ2v) is 1.96. The number of hydrogen-bond acceptors (Lipinski definition) is 6. The van der Waals surface area contributed by atoms with Gasteiger partial charge in [-0.15, -0.1) is 0 Å². The van der Waals surface area contributed by atoms with Gasteiger partial charge in [-0.1, -0.05) is 0 Å². The van der Waals surface area contributed by atoms with Crippen LogP contribution in [-0.4, -0.2) is 34.2 Å². The first-order valence-corrected chi connectivity index (χ1v) is 2.97. The zero-order chi connectivity index (χ0) is 11.6. The first-order valence-electron chi connectivity index (χ1n) is 4.47. The van der Waals surface area contributed by atoms with Crippen LogP contribution in [0.2, 0.25) is 0 Å². The van der Waals surface area contributed by atoms with E-state index >= 15 is 0 Å². The van der Waals surface area contributed by atoms with Gasteiger partial charge in [0.25, 0.3) is 5.88 Å². The van der Waals surface area contributed by atoms with Crippen LogP contribution in [-0.2, 0) is 0 Å². The Balaban J connectivity index is 3.01. The van der Waals surface area contributed by atoms with E-state index in [4.69, 9.17) is 19.9 Å². The van der Waals surface area contributed by atoms with Gasteiger partial charge in [-0.05, 0) is 0 Å². The molecular formula is C5H8BN3O3. The lowest BCUT2D eigenvalue weighted by Crippen LogP contribution is -2.33. The number of anilines is 1. The van der Waals surface area contributed by atoms with E-state index in [0.29, 0.717) is 0 Å². The van der Waals surface area contributed by atoms with Crippen molar-refractivity contribution in [2.75, 3.05) is 12.8 Å². The lowest BCUT2D eigenvalue weighted by atomic mass is 9.87. The summed E-state index contributed by atoms with van der Waals surface area (Å²) in [5, 5.41) is 17.5. The Kier molecular flexibility index (Phi) is 1.50. The van der Waals surface area contributed by atoms with Gasteiger partial charge >= 0.3 is 7.12 Å². The first kappa shape index (κ1) is 5.34. The van der Waals surface area contributed by atoms with E-state index < -0.39 is 20.0 Å². The second kappa shape index (κ2) is 3.37. The molecule has 1 aromatic rings. The van der Waals surface area contributed by atoms with Crippen molar-refractivity contribution in [3.8, 4) is 5.88 Å². The van der Waals surface area contributed by atoms with Gasteiger partial charge in [-0.2, -0.15) is 0 Å². The molecule has 0 amide bonds.